The fourth-order valence-corrected chi connectivity index (χ4v) is 2.52. The molecule has 2 N–H and O–H groups in total. The van der Waals surface area contributed by atoms with Crippen molar-refractivity contribution < 1.29 is 9.47 Å². The summed E-state index contributed by atoms with van der Waals surface area (Å²) in [5, 5.41) is 8.46. The zero-order chi connectivity index (χ0) is 14.2. The maximum atomic E-state index is 5.75. The standard InChI is InChI=1S/C16H13N3O2/c17-12-3-1-10(2-4-12)16-13-8-15-14(20-9-21-15)7-11(13)5-6-18-19-16/h1-4,6-8H,5,9,17H2. The third-order valence-corrected chi connectivity index (χ3v) is 3.59. The normalized spacial score (nSPS) is 15.3. The van der Waals surface area contributed by atoms with E-state index in [0.29, 0.717) is 6.42 Å². The molecule has 0 spiro atoms. The molecule has 0 bridgehead atoms. The lowest BCUT2D eigenvalue weighted by Gasteiger charge is -2.10. The van der Waals surface area contributed by atoms with Crippen LogP contribution in [0.2, 0.25) is 0 Å². The smallest absolute Gasteiger partial charge is 0.231 e. The molecule has 0 fully saturated rings. The molecule has 2 aromatic rings. The number of hydrogen-bond donors (Lipinski definition) is 1. The quantitative estimate of drug-likeness (QED) is 0.815. The highest BCUT2D eigenvalue weighted by molar-refractivity contribution is 6.14. The summed E-state index contributed by atoms with van der Waals surface area (Å²) in [5.41, 5.74) is 10.4. The number of ether oxygens (including phenoxy) is 2. The number of rotatable bonds is 1. The Balaban J connectivity index is 1.88. The van der Waals surface area contributed by atoms with Gasteiger partial charge in [0, 0.05) is 29.4 Å². The van der Waals surface area contributed by atoms with Crippen molar-refractivity contribution in [3.05, 3.63) is 53.1 Å². The predicted octanol–water partition coefficient (Wildman–Crippen LogP) is 2.38. The lowest BCUT2D eigenvalue weighted by atomic mass is 9.95. The molecular weight excluding hydrogens is 266 g/mol. The van der Waals surface area contributed by atoms with Gasteiger partial charge >= 0.3 is 0 Å². The van der Waals surface area contributed by atoms with Crippen LogP contribution < -0.4 is 15.2 Å². The van der Waals surface area contributed by atoms with Gasteiger partial charge in [0.2, 0.25) is 6.79 Å². The van der Waals surface area contributed by atoms with Crippen LogP contribution in [0.15, 0.2) is 46.6 Å². The molecule has 4 rings (SSSR count). The first-order chi connectivity index (χ1) is 10.3. The third-order valence-electron chi connectivity index (χ3n) is 3.59. The van der Waals surface area contributed by atoms with Gasteiger partial charge in [0.25, 0.3) is 0 Å². The highest BCUT2D eigenvalue weighted by Crippen LogP contribution is 2.36. The molecule has 0 aromatic heterocycles. The second-order valence-electron chi connectivity index (χ2n) is 4.94. The van der Waals surface area contributed by atoms with E-state index in [1.807, 2.05) is 36.4 Å². The van der Waals surface area contributed by atoms with Crippen LogP contribution in [0.1, 0.15) is 16.7 Å². The Kier molecular flexibility index (Phi) is 2.64. The van der Waals surface area contributed by atoms with Crippen LogP contribution in [0.5, 0.6) is 11.5 Å². The zero-order valence-corrected chi connectivity index (χ0v) is 11.2. The van der Waals surface area contributed by atoms with Crippen LogP contribution in [-0.2, 0) is 6.42 Å². The van der Waals surface area contributed by atoms with Gasteiger partial charge in [0.1, 0.15) is 5.71 Å². The van der Waals surface area contributed by atoms with Crippen molar-refractivity contribution in [1.29, 1.82) is 0 Å². The molecule has 0 aliphatic carbocycles. The summed E-state index contributed by atoms with van der Waals surface area (Å²) in [5.74, 6) is 1.53. The fourth-order valence-electron chi connectivity index (χ4n) is 2.52. The molecule has 0 radical (unpaired) electrons. The van der Waals surface area contributed by atoms with Crippen LogP contribution in [0.3, 0.4) is 0 Å². The van der Waals surface area contributed by atoms with E-state index in [2.05, 4.69) is 10.2 Å². The Morgan fingerprint density at radius 3 is 2.57 bits per heavy atom. The average Bonchev–Trinajstić information content (AvgIpc) is 2.85. The van der Waals surface area contributed by atoms with Gasteiger partial charge in [-0.15, -0.1) is 0 Å². The number of nitrogens with two attached hydrogens (primary N) is 1. The molecule has 104 valence electrons. The Hall–Kier alpha value is -2.82. The Labute approximate surface area is 121 Å². The second-order valence-corrected chi connectivity index (χ2v) is 4.94. The topological polar surface area (TPSA) is 69.2 Å². The van der Waals surface area contributed by atoms with E-state index in [9.17, 15) is 0 Å². The average molecular weight is 279 g/mol. The molecule has 0 saturated heterocycles. The number of anilines is 1. The van der Waals surface area contributed by atoms with Crippen molar-refractivity contribution >= 4 is 17.6 Å². The number of benzene rings is 2. The van der Waals surface area contributed by atoms with Crippen LogP contribution >= 0.6 is 0 Å². The summed E-state index contributed by atoms with van der Waals surface area (Å²) in [6.45, 7) is 0.265. The van der Waals surface area contributed by atoms with Gasteiger partial charge in [0.15, 0.2) is 11.5 Å². The lowest BCUT2D eigenvalue weighted by molar-refractivity contribution is 0.174. The summed E-state index contributed by atoms with van der Waals surface area (Å²) >= 11 is 0. The fraction of sp³-hybridized carbons (Fsp3) is 0.125. The first-order valence-electron chi connectivity index (χ1n) is 6.69. The molecular formula is C16H13N3O2. The van der Waals surface area contributed by atoms with Gasteiger partial charge < -0.3 is 15.2 Å². The van der Waals surface area contributed by atoms with Crippen LogP contribution in [0, 0.1) is 0 Å². The molecule has 5 nitrogen and oxygen atoms in total. The number of hydrogen-bond acceptors (Lipinski definition) is 5. The summed E-state index contributed by atoms with van der Waals surface area (Å²) < 4.78 is 10.9. The van der Waals surface area contributed by atoms with E-state index >= 15 is 0 Å². The SMILES string of the molecule is Nc1ccc(C2=NN=CCc3cc4c(cc32)OCO4)cc1. The van der Waals surface area contributed by atoms with E-state index in [1.165, 1.54) is 0 Å². The summed E-state index contributed by atoms with van der Waals surface area (Å²) in [4.78, 5) is 0. The molecule has 2 aromatic carbocycles. The van der Waals surface area contributed by atoms with Crippen molar-refractivity contribution in [3.63, 3.8) is 0 Å². The minimum Gasteiger partial charge on any atom is -0.454 e. The maximum absolute atomic E-state index is 5.75. The largest absolute Gasteiger partial charge is 0.454 e. The van der Waals surface area contributed by atoms with Crippen molar-refractivity contribution in [3.8, 4) is 11.5 Å². The molecule has 0 unspecified atom stereocenters. The van der Waals surface area contributed by atoms with E-state index in [-0.39, 0.29) is 6.79 Å². The minimum atomic E-state index is 0.265. The lowest BCUT2D eigenvalue weighted by Crippen LogP contribution is -2.06. The van der Waals surface area contributed by atoms with Gasteiger partial charge in [-0.2, -0.15) is 10.2 Å². The van der Waals surface area contributed by atoms with Crippen molar-refractivity contribution in [2.45, 2.75) is 6.42 Å². The highest BCUT2D eigenvalue weighted by atomic mass is 16.7. The van der Waals surface area contributed by atoms with E-state index < -0.39 is 0 Å². The summed E-state index contributed by atoms with van der Waals surface area (Å²) in [7, 11) is 0. The van der Waals surface area contributed by atoms with E-state index in [1.54, 1.807) is 6.21 Å². The monoisotopic (exact) mass is 279 g/mol. The Bertz CT molecular complexity index is 764. The molecule has 2 heterocycles. The first kappa shape index (κ1) is 12.0. The van der Waals surface area contributed by atoms with Crippen LogP contribution in [0.4, 0.5) is 5.69 Å². The number of nitrogen functional groups attached to an aromatic ring is 1. The second kappa shape index (κ2) is 4.63. The number of fused-ring (bicyclic) bond motifs is 2. The predicted molar refractivity (Wildman–Crippen MR) is 81.3 cm³/mol. The zero-order valence-electron chi connectivity index (χ0n) is 11.2. The molecule has 2 aliphatic rings. The molecule has 0 amide bonds. The van der Waals surface area contributed by atoms with Crippen molar-refractivity contribution in [1.82, 2.24) is 0 Å². The van der Waals surface area contributed by atoms with Crippen LogP contribution in [-0.4, -0.2) is 18.7 Å². The minimum absolute atomic E-state index is 0.265. The highest BCUT2D eigenvalue weighted by Gasteiger charge is 2.21. The summed E-state index contributed by atoms with van der Waals surface area (Å²) in [6, 6.07) is 11.6. The molecule has 0 saturated carbocycles. The molecule has 5 heteroatoms. The summed E-state index contributed by atoms with van der Waals surface area (Å²) in [6.07, 6.45) is 2.51. The molecule has 0 atom stereocenters. The Morgan fingerprint density at radius 2 is 1.76 bits per heavy atom. The van der Waals surface area contributed by atoms with Gasteiger partial charge in [-0.05, 0) is 29.8 Å². The molecule has 2 aliphatic heterocycles. The van der Waals surface area contributed by atoms with Gasteiger partial charge in [-0.1, -0.05) is 12.1 Å². The van der Waals surface area contributed by atoms with Crippen molar-refractivity contribution in [2.75, 3.05) is 12.5 Å². The van der Waals surface area contributed by atoms with E-state index in [4.69, 9.17) is 15.2 Å². The van der Waals surface area contributed by atoms with Crippen LogP contribution in [0.25, 0.3) is 0 Å². The van der Waals surface area contributed by atoms with Gasteiger partial charge in [0.05, 0.1) is 0 Å². The van der Waals surface area contributed by atoms with Crippen molar-refractivity contribution in [2.24, 2.45) is 10.2 Å². The maximum Gasteiger partial charge on any atom is 0.231 e. The molecule has 21 heavy (non-hydrogen) atoms. The Morgan fingerprint density at radius 1 is 1.00 bits per heavy atom. The first-order valence-corrected chi connectivity index (χ1v) is 6.69. The van der Waals surface area contributed by atoms with E-state index in [0.717, 1.165) is 39.6 Å². The van der Waals surface area contributed by atoms with Gasteiger partial charge in [-0.25, -0.2) is 0 Å². The number of nitrogens with zero attached hydrogens (tertiary/aromatic N) is 2. The van der Waals surface area contributed by atoms with Gasteiger partial charge in [-0.3, -0.25) is 0 Å². The third kappa shape index (κ3) is 2.03.